The molecule has 0 unspecified atom stereocenters. The number of fused-ring (bicyclic) bond motifs is 1. The van der Waals surface area contributed by atoms with E-state index in [0.29, 0.717) is 12.1 Å². The molecule has 2 amide bonds. The van der Waals surface area contributed by atoms with Crippen LogP contribution in [0, 0.1) is 0 Å². The Morgan fingerprint density at radius 1 is 1.43 bits per heavy atom. The zero-order valence-electron chi connectivity index (χ0n) is 21.9. The monoisotopic (exact) mass is 591 g/mol. The number of thioether (sulfide) groups is 1. The number of thiazole rings is 1. The minimum Gasteiger partial charge on any atom is -0.543 e. The zero-order chi connectivity index (χ0) is 29.4. The van der Waals surface area contributed by atoms with Crippen molar-refractivity contribution in [3.63, 3.8) is 0 Å². The number of carbonyl (C=O) groups excluding carboxylic acids is 3. The minimum absolute atomic E-state index is 0.00496. The number of nitrogens with two attached hydrogens (primary N) is 1. The molecule has 214 valence electrons. The number of anilines is 1. The van der Waals surface area contributed by atoms with Gasteiger partial charge in [0, 0.05) is 35.8 Å². The third kappa shape index (κ3) is 5.83. The molecule has 14 nitrogen and oxygen atoms in total. The Balaban J connectivity index is 1.53. The number of allylic oxidation sites excluding steroid dienone is 1. The van der Waals surface area contributed by atoms with E-state index in [-0.39, 0.29) is 22.3 Å². The highest BCUT2D eigenvalue weighted by atomic mass is 32.2. The second kappa shape index (κ2) is 11.3. The molecule has 0 radical (unpaired) electrons. The van der Waals surface area contributed by atoms with Gasteiger partial charge in [-0.25, -0.2) is 9.78 Å². The predicted octanol–water partition coefficient (Wildman–Crippen LogP) is -0.539. The quantitative estimate of drug-likeness (QED) is 0.179. The Kier molecular flexibility index (Phi) is 8.23. The van der Waals surface area contributed by atoms with Gasteiger partial charge in [0.15, 0.2) is 23.1 Å². The third-order valence-corrected chi connectivity index (χ3v) is 8.00. The highest BCUT2D eigenvalue weighted by Gasteiger charge is 2.55. The fourth-order valence-electron chi connectivity index (χ4n) is 3.87. The molecular formula is C24H27N6O8S2-. The Morgan fingerprint density at radius 2 is 2.15 bits per heavy atom. The van der Waals surface area contributed by atoms with Crippen LogP contribution in [0.25, 0.3) is 0 Å². The van der Waals surface area contributed by atoms with Gasteiger partial charge < -0.3 is 40.5 Å². The van der Waals surface area contributed by atoms with Crippen LogP contribution >= 0.6 is 23.1 Å². The first-order valence-corrected chi connectivity index (χ1v) is 13.8. The number of ether oxygens (including phenoxy) is 1. The van der Waals surface area contributed by atoms with Crippen molar-refractivity contribution in [1.29, 1.82) is 0 Å². The number of nitrogens with zero attached hydrogens (tertiary/aromatic N) is 4. The molecule has 0 spiro atoms. The van der Waals surface area contributed by atoms with E-state index in [9.17, 15) is 29.4 Å². The fraction of sp³-hybridized carbons (Fsp3) is 0.417. The van der Waals surface area contributed by atoms with Crippen LogP contribution in [0.2, 0.25) is 0 Å². The zero-order valence-corrected chi connectivity index (χ0v) is 23.6. The molecule has 4 N–H and O–H groups in total. The van der Waals surface area contributed by atoms with E-state index in [1.165, 1.54) is 31.0 Å². The van der Waals surface area contributed by atoms with Gasteiger partial charge in [-0.15, -0.1) is 23.1 Å². The highest BCUT2D eigenvalue weighted by Crippen LogP contribution is 2.38. The number of hydrogen-bond acceptors (Lipinski definition) is 13. The summed E-state index contributed by atoms with van der Waals surface area (Å²) in [4.78, 5) is 62.8. The normalized spacial score (nSPS) is 22.9. The molecule has 3 atom stereocenters. The summed E-state index contributed by atoms with van der Waals surface area (Å²) in [5, 5.41) is 29.1. The summed E-state index contributed by atoms with van der Waals surface area (Å²) in [6.07, 6.45) is 3.99. The lowest BCUT2D eigenvalue weighted by Crippen LogP contribution is -2.74. The number of amides is 2. The maximum atomic E-state index is 13.2. The molecule has 1 fully saturated rings. The Morgan fingerprint density at radius 3 is 2.73 bits per heavy atom. The standard InChI is InChI=1S/C24H28N6O8S2/c1-11-13(9-39-12-5-7-29(4)8-6-12)17(21(33)34)30-19(32)16(20(30)37-11)27-18(31)15(14-10-40-23(25)26-14)28-38-24(2,3)22(35)36/h5-7,10-11,16,20H,8-9H2,1-4H3,(H2,25,26)(H,27,31)(H,33,34)(H,35,36)/p-1/t11-,16+,20+/m0/s1. The average molecular weight is 592 g/mol. The molecular weight excluding hydrogens is 564 g/mol. The van der Waals surface area contributed by atoms with Crippen LogP contribution in [0.4, 0.5) is 5.13 Å². The van der Waals surface area contributed by atoms with Gasteiger partial charge >= 0.3 is 5.97 Å². The van der Waals surface area contributed by atoms with Gasteiger partial charge in [0.25, 0.3) is 11.8 Å². The van der Waals surface area contributed by atoms with Crippen molar-refractivity contribution in [1.82, 2.24) is 20.1 Å². The van der Waals surface area contributed by atoms with Crippen molar-refractivity contribution in [3.8, 4) is 0 Å². The lowest BCUT2D eigenvalue weighted by Gasteiger charge is -2.52. The van der Waals surface area contributed by atoms with Crippen LogP contribution in [0.15, 0.2) is 45.1 Å². The van der Waals surface area contributed by atoms with E-state index in [1.54, 1.807) is 6.92 Å². The summed E-state index contributed by atoms with van der Waals surface area (Å²) in [6, 6.07) is -1.26. The molecule has 0 aromatic carbocycles. The average Bonchev–Trinajstić information content (AvgIpc) is 3.32. The largest absolute Gasteiger partial charge is 0.543 e. The van der Waals surface area contributed by atoms with Crippen LogP contribution in [0.1, 0.15) is 26.5 Å². The van der Waals surface area contributed by atoms with Crippen molar-refractivity contribution in [2.24, 2.45) is 5.16 Å². The summed E-state index contributed by atoms with van der Waals surface area (Å²) in [6.45, 7) is 4.83. The number of aromatic nitrogens is 1. The van der Waals surface area contributed by atoms with Gasteiger partial charge in [-0.05, 0) is 32.4 Å². The third-order valence-electron chi connectivity index (χ3n) is 6.23. The first-order chi connectivity index (χ1) is 18.8. The van der Waals surface area contributed by atoms with E-state index in [1.807, 2.05) is 30.3 Å². The number of nitrogen functional groups attached to an aromatic ring is 1. The maximum Gasteiger partial charge on any atom is 0.350 e. The van der Waals surface area contributed by atoms with Crippen LogP contribution in [0.3, 0.4) is 0 Å². The summed E-state index contributed by atoms with van der Waals surface area (Å²) >= 11 is 2.42. The smallest absolute Gasteiger partial charge is 0.350 e. The second-order valence-corrected chi connectivity index (χ2v) is 11.5. The van der Waals surface area contributed by atoms with Gasteiger partial charge in [0.2, 0.25) is 5.60 Å². The molecule has 40 heavy (non-hydrogen) atoms. The van der Waals surface area contributed by atoms with E-state index in [0.717, 1.165) is 21.1 Å². The summed E-state index contributed by atoms with van der Waals surface area (Å²) in [5.41, 5.74) is 3.54. The van der Waals surface area contributed by atoms with Crippen molar-refractivity contribution in [3.05, 3.63) is 45.6 Å². The molecule has 1 aromatic rings. The maximum absolute atomic E-state index is 13.2. The number of carboxylic acids is 2. The van der Waals surface area contributed by atoms with Crippen LogP contribution in [-0.2, 0) is 28.8 Å². The first kappa shape index (κ1) is 29.1. The molecule has 4 heterocycles. The van der Waals surface area contributed by atoms with Gasteiger partial charge in [-0.1, -0.05) is 11.2 Å². The molecule has 16 heteroatoms. The number of likely N-dealkylation sites (N-methyl/N-ethyl adjacent to an activating group) is 1. The molecule has 1 saturated heterocycles. The summed E-state index contributed by atoms with van der Waals surface area (Å²) in [5.74, 6) is -4.28. The van der Waals surface area contributed by atoms with Crippen LogP contribution in [-0.4, -0.2) is 92.7 Å². The highest BCUT2D eigenvalue weighted by molar-refractivity contribution is 8.03. The van der Waals surface area contributed by atoms with Crippen molar-refractivity contribution < 1.29 is 39.0 Å². The topological polar surface area (TPSA) is 200 Å². The molecule has 0 bridgehead atoms. The Labute approximate surface area is 237 Å². The minimum atomic E-state index is -1.78. The number of hydrogen-bond donors (Lipinski definition) is 3. The molecule has 3 aliphatic heterocycles. The van der Waals surface area contributed by atoms with Crippen LogP contribution in [0.5, 0.6) is 0 Å². The van der Waals surface area contributed by atoms with Gasteiger partial charge in [-0.3, -0.25) is 14.5 Å². The number of carbonyl (C=O) groups is 4. The van der Waals surface area contributed by atoms with E-state index in [4.69, 9.17) is 15.3 Å². The van der Waals surface area contributed by atoms with Crippen LogP contribution < -0.4 is 16.2 Å². The molecule has 1 aromatic heterocycles. The van der Waals surface area contributed by atoms with Gasteiger partial charge in [0.1, 0.15) is 5.69 Å². The van der Waals surface area contributed by atoms with Crippen molar-refractivity contribution in [2.75, 3.05) is 25.1 Å². The number of carboxylic acid groups (broad SMARTS) is 2. The number of aliphatic carboxylic acids is 2. The molecule has 4 rings (SSSR count). The van der Waals surface area contributed by atoms with E-state index < -0.39 is 53.4 Å². The van der Waals surface area contributed by atoms with Gasteiger partial charge in [-0.2, -0.15) is 0 Å². The van der Waals surface area contributed by atoms with E-state index in [2.05, 4.69) is 15.5 Å². The fourth-order valence-corrected chi connectivity index (χ4v) is 5.46. The summed E-state index contributed by atoms with van der Waals surface area (Å²) < 4.78 is 5.95. The van der Waals surface area contributed by atoms with E-state index >= 15 is 0 Å². The lowest BCUT2D eigenvalue weighted by molar-refractivity contribution is -0.304. The van der Waals surface area contributed by atoms with Crippen molar-refractivity contribution in [2.45, 2.75) is 44.7 Å². The number of oxime groups is 1. The SMILES string of the molecule is C[C@@H]1O[C@@H]2[C@H](NC(=O)C(=NOC(C)(C)C(=O)O)c3csc(N)n3)C(=O)N2C(C(=O)[O-])=C1CSC1=CCN(C)C=C1. The first-order valence-electron chi connectivity index (χ1n) is 12.0. The molecule has 0 saturated carbocycles. The number of β-lactam (4-membered cyclic amide) rings is 1. The molecule has 3 aliphatic rings. The predicted molar refractivity (Wildman–Crippen MR) is 143 cm³/mol. The number of rotatable bonds is 10. The summed E-state index contributed by atoms with van der Waals surface area (Å²) in [7, 11) is 1.93. The lowest BCUT2D eigenvalue weighted by atomic mass is 9.96. The second-order valence-electron chi connectivity index (χ2n) is 9.56. The number of nitrogens with one attached hydrogen (secondary N) is 1. The van der Waals surface area contributed by atoms with Crippen molar-refractivity contribution >= 4 is 57.7 Å². The van der Waals surface area contributed by atoms with Gasteiger partial charge in [0.05, 0.1) is 17.8 Å². The Bertz CT molecular complexity index is 1370. The Hall–Kier alpha value is -3.89. The molecule has 0 aliphatic carbocycles.